The number of hydrogen-bond acceptors (Lipinski definition) is 5. The summed E-state index contributed by atoms with van der Waals surface area (Å²) in [7, 11) is 0. The lowest BCUT2D eigenvalue weighted by atomic mass is 9.83. The minimum Gasteiger partial charge on any atom is -0.444 e. The minimum absolute atomic E-state index is 0.0308. The van der Waals surface area contributed by atoms with Crippen LogP contribution in [-0.2, 0) is 16.2 Å². The topological polar surface area (TPSA) is 64.7 Å². The van der Waals surface area contributed by atoms with Crippen molar-refractivity contribution in [3.63, 3.8) is 0 Å². The van der Waals surface area contributed by atoms with Crippen molar-refractivity contribution >= 4 is 29.0 Å². The molecule has 204 valence electrons. The summed E-state index contributed by atoms with van der Waals surface area (Å²) in [5, 5.41) is 0. The van der Waals surface area contributed by atoms with Gasteiger partial charge < -0.3 is 14.1 Å². The first-order valence-corrected chi connectivity index (χ1v) is 13.7. The van der Waals surface area contributed by atoms with E-state index >= 15 is 8.78 Å². The van der Waals surface area contributed by atoms with Gasteiger partial charge in [-0.05, 0) is 56.5 Å². The van der Waals surface area contributed by atoms with Gasteiger partial charge in [0, 0.05) is 10.6 Å². The van der Waals surface area contributed by atoms with E-state index in [1.165, 1.54) is 27.3 Å². The third kappa shape index (κ3) is 5.45. The van der Waals surface area contributed by atoms with Gasteiger partial charge in [-0.15, -0.1) is 11.8 Å². The molecule has 0 bridgehead atoms. The molecule has 1 amide bonds. The third-order valence-corrected chi connectivity index (χ3v) is 7.75. The van der Waals surface area contributed by atoms with E-state index in [0.29, 0.717) is 21.8 Å². The van der Waals surface area contributed by atoms with E-state index in [-0.39, 0.29) is 24.2 Å². The van der Waals surface area contributed by atoms with Crippen LogP contribution in [0.15, 0.2) is 80.8 Å². The maximum absolute atomic E-state index is 16.1. The maximum atomic E-state index is 16.1. The van der Waals surface area contributed by atoms with Crippen LogP contribution >= 0.6 is 11.8 Å². The molecule has 1 aromatic heterocycles. The molecule has 5 rings (SSSR count). The molecule has 0 radical (unpaired) electrons. The molecule has 1 atom stereocenters. The number of nitrogens with zero attached hydrogens (tertiary/aromatic N) is 2. The molecule has 3 aromatic carbocycles. The van der Waals surface area contributed by atoms with Crippen molar-refractivity contribution in [2.24, 2.45) is 0 Å². The summed E-state index contributed by atoms with van der Waals surface area (Å²) in [5.41, 5.74) is -0.410. The fourth-order valence-electron chi connectivity index (χ4n) is 4.87. The Kier molecular flexibility index (Phi) is 7.05. The van der Waals surface area contributed by atoms with Gasteiger partial charge in [-0.2, -0.15) is 0 Å². The average molecular weight is 553 g/mol. The van der Waals surface area contributed by atoms with Crippen LogP contribution in [0.4, 0.5) is 13.6 Å². The molecule has 1 fully saturated rings. The van der Waals surface area contributed by atoms with Gasteiger partial charge in [-0.3, -0.25) is 4.57 Å². The van der Waals surface area contributed by atoms with Crippen molar-refractivity contribution in [2.75, 3.05) is 13.1 Å². The standard InChI is InChI=1S/C30H30F2N2O4S/c1-19(22-12-8-9-13-23(22)30(32)17-33(18-30)27(35)38-29(2,3)4)34-26-24(31)14-21(15-25(26)37-28(34)36)39-16-20-10-6-5-7-11-20/h5-15,19H,16-18H2,1-4H3. The van der Waals surface area contributed by atoms with E-state index in [0.717, 1.165) is 5.56 Å². The highest BCUT2D eigenvalue weighted by Crippen LogP contribution is 2.41. The van der Waals surface area contributed by atoms with Crippen LogP contribution in [0.2, 0.25) is 0 Å². The third-order valence-electron chi connectivity index (χ3n) is 6.70. The lowest BCUT2D eigenvalue weighted by Gasteiger charge is -2.45. The Hall–Kier alpha value is -3.59. The number of rotatable bonds is 6. The number of thioether (sulfide) groups is 1. The highest BCUT2D eigenvalue weighted by atomic mass is 32.2. The van der Waals surface area contributed by atoms with Gasteiger partial charge >= 0.3 is 11.8 Å². The van der Waals surface area contributed by atoms with Crippen molar-refractivity contribution in [1.82, 2.24) is 9.47 Å². The monoisotopic (exact) mass is 552 g/mol. The number of aromatic nitrogens is 1. The molecule has 0 spiro atoms. The van der Waals surface area contributed by atoms with Crippen LogP contribution in [0.5, 0.6) is 0 Å². The van der Waals surface area contributed by atoms with Crippen molar-refractivity contribution in [2.45, 2.75) is 55.7 Å². The molecular weight excluding hydrogens is 522 g/mol. The number of fused-ring (bicyclic) bond motifs is 1. The Bertz CT molecular complexity index is 1570. The van der Waals surface area contributed by atoms with Gasteiger partial charge in [0.1, 0.15) is 11.1 Å². The zero-order chi connectivity index (χ0) is 27.9. The van der Waals surface area contributed by atoms with E-state index in [1.54, 1.807) is 58.0 Å². The number of likely N-dealkylation sites (tertiary alicyclic amines) is 1. The molecule has 1 aliphatic heterocycles. The van der Waals surface area contributed by atoms with Crippen molar-refractivity contribution in [1.29, 1.82) is 0 Å². The molecule has 9 heteroatoms. The summed E-state index contributed by atoms with van der Waals surface area (Å²) in [6.07, 6.45) is -0.582. The van der Waals surface area contributed by atoms with Gasteiger partial charge in [-0.25, -0.2) is 18.4 Å². The fraction of sp³-hybridized carbons (Fsp3) is 0.333. The van der Waals surface area contributed by atoms with Crippen LogP contribution in [0.3, 0.4) is 0 Å². The Morgan fingerprint density at radius 2 is 1.77 bits per heavy atom. The first kappa shape index (κ1) is 27.0. The molecule has 6 nitrogen and oxygen atoms in total. The average Bonchev–Trinajstić information content (AvgIpc) is 3.21. The van der Waals surface area contributed by atoms with Gasteiger partial charge in [0.05, 0.1) is 19.1 Å². The fourth-order valence-corrected chi connectivity index (χ4v) is 5.77. The van der Waals surface area contributed by atoms with Gasteiger partial charge in [0.2, 0.25) is 0 Å². The predicted molar refractivity (Wildman–Crippen MR) is 147 cm³/mol. The van der Waals surface area contributed by atoms with Crippen LogP contribution in [0.25, 0.3) is 11.1 Å². The zero-order valence-electron chi connectivity index (χ0n) is 22.2. The zero-order valence-corrected chi connectivity index (χ0v) is 23.1. The summed E-state index contributed by atoms with van der Waals surface area (Å²) in [6.45, 7) is 6.61. The number of alkyl halides is 1. The van der Waals surface area contributed by atoms with Gasteiger partial charge in [0.15, 0.2) is 17.1 Å². The van der Waals surface area contributed by atoms with E-state index < -0.39 is 35.0 Å². The lowest BCUT2D eigenvalue weighted by Crippen LogP contribution is -2.60. The highest BCUT2D eigenvalue weighted by molar-refractivity contribution is 7.98. The number of carbonyl (C=O) groups excluding carboxylic acids is 1. The lowest BCUT2D eigenvalue weighted by molar-refractivity contribution is -0.0542. The molecule has 0 saturated carbocycles. The summed E-state index contributed by atoms with van der Waals surface area (Å²) in [4.78, 5) is 27.3. The van der Waals surface area contributed by atoms with Crippen molar-refractivity contribution < 1.29 is 22.7 Å². The largest absolute Gasteiger partial charge is 0.444 e. The Balaban J connectivity index is 1.42. The predicted octanol–water partition coefficient (Wildman–Crippen LogP) is 7.05. The number of benzene rings is 3. The number of halogens is 2. The molecular formula is C30H30F2N2O4S. The summed E-state index contributed by atoms with van der Waals surface area (Å²) in [6, 6.07) is 18.9. The molecule has 1 aliphatic rings. The Morgan fingerprint density at radius 1 is 1.10 bits per heavy atom. The normalized spacial score (nSPS) is 15.7. The number of oxazole rings is 1. The van der Waals surface area contributed by atoms with Crippen LogP contribution in [0.1, 0.15) is 50.4 Å². The second-order valence-corrected chi connectivity index (χ2v) is 11.9. The maximum Gasteiger partial charge on any atom is 0.420 e. The van der Waals surface area contributed by atoms with Crippen LogP contribution in [0, 0.1) is 5.82 Å². The van der Waals surface area contributed by atoms with Crippen LogP contribution in [-0.4, -0.2) is 34.3 Å². The molecule has 1 saturated heterocycles. The van der Waals surface area contributed by atoms with Crippen molar-refractivity contribution in [3.05, 3.63) is 99.8 Å². The van der Waals surface area contributed by atoms with E-state index in [1.807, 2.05) is 30.3 Å². The first-order chi connectivity index (χ1) is 18.4. The molecule has 2 heterocycles. The Labute approximate surface area is 229 Å². The number of amides is 1. The van der Waals surface area contributed by atoms with Gasteiger partial charge in [-0.1, -0.05) is 54.6 Å². The first-order valence-electron chi connectivity index (χ1n) is 12.7. The summed E-state index contributed by atoms with van der Waals surface area (Å²) in [5.74, 6) is -0.680. The smallest absolute Gasteiger partial charge is 0.420 e. The molecule has 4 aromatic rings. The second-order valence-electron chi connectivity index (χ2n) is 10.8. The van der Waals surface area contributed by atoms with E-state index in [9.17, 15) is 9.59 Å². The second kappa shape index (κ2) is 10.2. The van der Waals surface area contributed by atoms with E-state index in [4.69, 9.17) is 9.15 Å². The molecule has 0 aliphatic carbocycles. The quantitative estimate of drug-likeness (QED) is 0.240. The molecule has 1 unspecified atom stereocenters. The van der Waals surface area contributed by atoms with Crippen LogP contribution < -0.4 is 5.76 Å². The van der Waals surface area contributed by atoms with E-state index in [2.05, 4.69) is 0 Å². The summed E-state index contributed by atoms with van der Waals surface area (Å²) >= 11 is 1.44. The number of hydrogen-bond donors (Lipinski definition) is 0. The minimum atomic E-state index is -1.83. The molecule has 0 N–H and O–H groups in total. The van der Waals surface area contributed by atoms with Crippen molar-refractivity contribution in [3.8, 4) is 0 Å². The summed E-state index contributed by atoms with van der Waals surface area (Å²) < 4.78 is 43.6. The SMILES string of the molecule is CC(c1ccccc1C1(F)CN(C(=O)OC(C)(C)C)C1)n1c(=O)oc2cc(SCc3ccccc3)cc(F)c21. The number of carbonyl (C=O) groups is 1. The number of ether oxygens (including phenoxy) is 1. The highest BCUT2D eigenvalue weighted by Gasteiger charge is 2.50. The Morgan fingerprint density at radius 3 is 2.46 bits per heavy atom. The molecule has 39 heavy (non-hydrogen) atoms. The van der Waals surface area contributed by atoms with Gasteiger partial charge in [0.25, 0.3) is 0 Å².